The van der Waals surface area contributed by atoms with Crippen LogP contribution in [0.3, 0.4) is 0 Å². The molecule has 4 aromatic rings. The largest absolute Gasteiger partial charge is 0.416 e. The molecule has 0 saturated carbocycles. The summed E-state index contributed by atoms with van der Waals surface area (Å²) >= 11 is 0. The summed E-state index contributed by atoms with van der Waals surface area (Å²) in [4.78, 5) is 13.6. The minimum Gasteiger partial charge on any atom is -0.289 e. The summed E-state index contributed by atoms with van der Waals surface area (Å²) in [7, 11) is 0. The van der Waals surface area contributed by atoms with E-state index in [2.05, 4.69) is 6.30 Å². The van der Waals surface area contributed by atoms with Crippen molar-refractivity contribution in [2.24, 2.45) is 0 Å². The van der Waals surface area contributed by atoms with E-state index in [0.29, 0.717) is 17.4 Å². The number of carbonyl (C=O) groups is 1. The Morgan fingerprint density at radius 1 is 0.611 bits per heavy atom. The summed E-state index contributed by atoms with van der Waals surface area (Å²) in [6.45, 7) is -2.74. The van der Waals surface area contributed by atoms with E-state index in [0.717, 1.165) is 10.6 Å². The normalized spacial score (nSPS) is 12.4. The maximum absolute atomic E-state index is 13.6. The van der Waals surface area contributed by atoms with Gasteiger partial charge in [0.05, 0.1) is 11.1 Å². The van der Waals surface area contributed by atoms with Gasteiger partial charge in [0.1, 0.15) is 0 Å². The highest BCUT2D eigenvalue weighted by atomic mass is 31.2. The first-order valence-electron chi connectivity index (χ1n) is 10.7. The van der Waals surface area contributed by atoms with Gasteiger partial charge in [-0.25, -0.2) is 0 Å². The van der Waals surface area contributed by atoms with Crippen LogP contribution in [0.15, 0.2) is 103 Å². The fourth-order valence-corrected chi connectivity index (χ4v) is 7.18. The van der Waals surface area contributed by atoms with Crippen molar-refractivity contribution in [3.8, 4) is 0 Å². The van der Waals surface area contributed by atoms with Gasteiger partial charge >= 0.3 is 12.4 Å². The lowest BCUT2D eigenvalue weighted by Crippen LogP contribution is -2.29. The number of halogens is 6. The van der Waals surface area contributed by atoms with Crippen molar-refractivity contribution in [3.63, 3.8) is 0 Å². The maximum Gasteiger partial charge on any atom is 0.416 e. The van der Waals surface area contributed by atoms with Gasteiger partial charge in [0.15, 0.2) is 5.78 Å². The summed E-state index contributed by atoms with van der Waals surface area (Å²) in [6, 6.07) is 25.5. The number of benzene rings is 4. The smallest absolute Gasteiger partial charge is 0.289 e. The van der Waals surface area contributed by atoms with E-state index in [9.17, 15) is 31.1 Å². The molecule has 0 aliphatic rings. The SMILES string of the molecule is C=P(c1ccccc1)(c1ccccc1)c1ccccc1C(=O)c1cc(C(F)(F)F)cc(C(F)(F)F)c1. The number of rotatable bonds is 5. The molecule has 4 aromatic carbocycles. The topological polar surface area (TPSA) is 17.1 Å². The third-order valence-corrected chi connectivity index (χ3v) is 9.38. The Bertz CT molecular complexity index is 1360. The quantitative estimate of drug-likeness (QED) is 0.164. The molecular weight excluding hydrogens is 497 g/mol. The molecule has 36 heavy (non-hydrogen) atoms. The number of carbonyl (C=O) groups excluding carboxylic acids is 1. The lowest BCUT2D eigenvalue weighted by atomic mass is 9.98. The Labute approximate surface area is 204 Å². The van der Waals surface area contributed by atoms with E-state index >= 15 is 0 Å². The van der Waals surface area contributed by atoms with Gasteiger partial charge in [-0.1, -0.05) is 91.2 Å². The lowest BCUT2D eigenvalue weighted by molar-refractivity contribution is -0.143. The van der Waals surface area contributed by atoms with Crippen LogP contribution in [0.5, 0.6) is 0 Å². The zero-order chi connectivity index (χ0) is 26.1. The van der Waals surface area contributed by atoms with Crippen LogP contribution in [0.1, 0.15) is 27.0 Å². The third-order valence-electron chi connectivity index (χ3n) is 5.80. The van der Waals surface area contributed by atoms with Gasteiger partial charge in [-0.3, -0.25) is 4.79 Å². The highest BCUT2D eigenvalue weighted by molar-refractivity contribution is 7.93. The fourth-order valence-electron chi connectivity index (χ4n) is 4.03. The molecular formula is C28H19F6OP. The van der Waals surface area contributed by atoms with Gasteiger partial charge in [-0.05, 0) is 41.0 Å². The molecule has 0 unspecified atom stereocenters. The molecule has 0 atom stereocenters. The van der Waals surface area contributed by atoms with Crippen molar-refractivity contribution < 1.29 is 31.1 Å². The Morgan fingerprint density at radius 3 is 1.47 bits per heavy atom. The molecule has 0 bridgehead atoms. The third kappa shape index (κ3) is 4.89. The lowest BCUT2D eigenvalue weighted by Gasteiger charge is -2.28. The predicted octanol–water partition coefficient (Wildman–Crippen LogP) is 6.68. The second kappa shape index (κ2) is 9.47. The van der Waals surface area contributed by atoms with Crippen molar-refractivity contribution in [1.82, 2.24) is 0 Å². The molecule has 184 valence electrons. The average Bonchev–Trinajstić information content (AvgIpc) is 2.87. The second-order valence-corrected chi connectivity index (χ2v) is 11.3. The monoisotopic (exact) mass is 516 g/mol. The van der Waals surface area contributed by atoms with E-state index in [-0.39, 0.29) is 11.6 Å². The number of hydrogen-bond donors (Lipinski definition) is 0. The van der Waals surface area contributed by atoms with Gasteiger partial charge in [-0.15, -0.1) is 0 Å². The number of alkyl halides is 6. The van der Waals surface area contributed by atoms with Crippen LogP contribution in [-0.2, 0) is 12.4 Å². The Kier molecular flexibility index (Phi) is 6.72. The first-order chi connectivity index (χ1) is 16.9. The molecule has 0 fully saturated rings. The summed E-state index contributed by atoms with van der Waals surface area (Å²) in [5.41, 5.74) is -3.78. The van der Waals surface area contributed by atoms with Crippen molar-refractivity contribution in [3.05, 3.63) is 125 Å². The van der Waals surface area contributed by atoms with E-state index in [1.165, 1.54) is 12.1 Å². The molecule has 8 heteroatoms. The van der Waals surface area contributed by atoms with E-state index in [4.69, 9.17) is 0 Å². The molecule has 0 spiro atoms. The standard InChI is InChI=1S/C28H19F6OP/c1-36(22-10-4-2-5-11-22,23-12-6-3-7-13-23)25-15-9-8-14-24(25)26(35)19-16-20(27(29,30)31)18-21(17-19)28(32,33)34/h2-18H,1H2. The van der Waals surface area contributed by atoms with Crippen LogP contribution < -0.4 is 15.9 Å². The van der Waals surface area contributed by atoms with Crippen LogP contribution >= 0.6 is 6.89 Å². The van der Waals surface area contributed by atoms with Crippen molar-refractivity contribution in [2.75, 3.05) is 0 Å². The van der Waals surface area contributed by atoms with E-state index in [1.807, 2.05) is 60.7 Å². The zero-order valence-corrected chi connectivity index (χ0v) is 19.5. The number of hydrogen-bond acceptors (Lipinski definition) is 1. The predicted molar refractivity (Wildman–Crippen MR) is 132 cm³/mol. The van der Waals surface area contributed by atoms with Crippen LogP contribution in [0.2, 0.25) is 0 Å². The summed E-state index contributed by atoms with van der Waals surface area (Å²) in [5, 5.41) is 2.06. The first kappa shape index (κ1) is 25.5. The van der Waals surface area contributed by atoms with Gasteiger partial charge < -0.3 is 0 Å². The molecule has 0 radical (unpaired) electrons. The van der Waals surface area contributed by atoms with Crippen molar-refractivity contribution >= 4 is 34.9 Å². The molecule has 4 rings (SSSR count). The minimum absolute atomic E-state index is 0.000915. The molecule has 0 amide bonds. The summed E-state index contributed by atoms with van der Waals surface area (Å²) in [5.74, 6) is -0.943. The van der Waals surface area contributed by atoms with Gasteiger partial charge in [0.2, 0.25) is 0 Å². The maximum atomic E-state index is 13.6. The molecule has 1 nitrogen and oxygen atoms in total. The van der Waals surface area contributed by atoms with Crippen molar-refractivity contribution in [1.29, 1.82) is 0 Å². The highest BCUT2D eigenvalue weighted by Crippen LogP contribution is 2.43. The highest BCUT2D eigenvalue weighted by Gasteiger charge is 2.38. The molecule has 0 aliphatic heterocycles. The Hall–Kier alpha value is -3.57. The van der Waals surface area contributed by atoms with Gasteiger partial charge in [0.25, 0.3) is 0 Å². The molecule has 0 aliphatic carbocycles. The van der Waals surface area contributed by atoms with E-state index in [1.54, 1.807) is 12.1 Å². The van der Waals surface area contributed by atoms with Crippen LogP contribution in [0.4, 0.5) is 26.3 Å². The van der Waals surface area contributed by atoms with Gasteiger partial charge in [-0.2, -0.15) is 26.3 Å². The molecule has 0 heterocycles. The number of ketones is 1. The Morgan fingerprint density at radius 2 is 1.03 bits per heavy atom. The fraction of sp³-hybridized carbons (Fsp3) is 0.0714. The molecule has 0 N–H and O–H groups in total. The minimum atomic E-state index is -5.06. The molecule has 0 aromatic heterocycles. The van der Waals surface area contributed by atoms with E-state index < -0.39 is 41.7 Å². The van der Waals surface area contributed by atoms with Crippen LogP contribution in [0.25, 0.3) is 0 Å². The van der Waals surface area contributed by atoms with Crippen LogP contribution in [0, 0.1) is 0 Å². The first-order valence-corrected chi connectivity index (χ1v) is 12.7. The molecule has 0 saturated heterocycles. The van der Waals surface area contributed by atoms with Crippen molar-refractivity contribution in [2.45, 2.75) is 12.4 Å². The van der Waals surface area contributed by atoms with Gasteiger partial charge in [0, 0.05) is 11.1 Å². The van der Waals surface area contributed by atoms with Crippen LogP contribution in [-0.4, -0.2) is 12.1 Å². The second-order valence-electron chi connectivity index (χ2n) is 8.12. The zero-order valence-electron chi connectivity index (χ0n) is 18.6. The summed E-state index contributed by atoms with van der Waals surface area (Å²) in [6.07, 6.45) is -5.60. The summed E-state index contributed by atoms with van der Waals surface area (Å²) < 4.78 is 80.6. The average molecular weight is 516 g/mol. The Balaban J connectivity index is 1.97.